The van der Waals surface area contributed by atoms with E-state index in [4.69, 9.17) is 4.74 Å². The maximum Gasteiger partial charge on any atom is 0.313 e. The normalized spacial score (nSPS) is 10.9. The number of benzene rings is 1. The highest BCUT2D eigenvalue weighted by atomic mass is 16.5. The molecule has 80 valence electrons. The molecule has 0 spiro atoms. The van der Waals surface area contributed by atoms with E-state index in [0.717, 1.165) is 5.56 Å². The lowest BCUT2D eigenvalue weighted by molar-refractivity contribution is -0.137. The van der Waals surface area contributed by atoms with Crippen LogP contribution in [0.2, 0.25) is 0 Å². The molecule has 1 aromatic rings. The largest absolute Gasteiger partial charge is 0.426 e. The van der Waals surface area contributed by atoms with Gasteiger partial charge in [-0.05, 0) is 13.0 Å². The van der Waals surface area contributed by atoms with Crippen molar-refractivity contribution in [2.24, 2.45) is 5.92 Å². The molecule has 0 aliphatic rings. The summed E-state index contributed by atoms with van der Waals surface area (Å²) in [5, 5.41) is 0. The van der Waals surface area contributed by atoms with Gasteiger partial charge >= 0.3 is 5.97 Å². The van der Waals surface area contributed by atoms with Gasteiger partial charge in [-0.3, -0.25) is 4.79 Å². The molecule has 0 radical (unpaired) electrons. The van der Waals surface area contributed by atoms with Gasteiger partial charge in [-0.15, -0.1) is 0 Å². The zero-order valence-corrected chi connectivity index (χ0v) is 9.36. The highest BCUT2D eigenvalue weighted by molar-refractivity contribution is 5.75. The molecule has 15 heavy (non-hydrogen) atoms. The third-order valence-electron chi connectivity index (χ3n) is 1.95. The van der Waals surface area contributed by atoms with Crippen LogP contribution >= 0.6 is 0 Å². The molecule has 2 heteroatoms. The summed E-state index contributed by atoms with van der Waals surface area (Å²) < 4.78 is 5.27. The van der Waals surface area contributed by atoms with Crippen LogP contribution in [0, 0.1) is 5.92 Å². The average Bonchev–Trinajstić information content (AvgIpc) is 2.21. The molecule has 1 rings (SSSR count). The van der Waals surface area contributed by atoms with E-state index in [1.807, 2.05) is 51.1 Å². The molecule has 0 N–H and O–H groups in total. The van der Waals surface area contributed by atoms with Gasteiger partial charge in [0.2, 0.25) is 0 Å². The Kier molecular flexibility index (Phi) is 4.10. The lowest BCUT2D eigenvalue weighted by atomic mass is 10.2. The van der Waals surface area contributed by atoms with Crippen LogP contribution in [-0.4, -0.2) is 5.97 Å². The number of rotatable bonds is 3. The third kappa shape index (κ3) is 3.24. The predicted molar refractivity (Wildman–Crippen MR) is 61.6 cm³/mol. The van der Waals surface area contributed by atoms with Gasteiger partial charge in [0.15, 0.2) is 0 Å². The third-order valence-corrected chi connectivity index (χ3v) is 1.95. The zero-order chi connectivity index (χ0) is 11.3. The molecule has 0 heterocycles. The van der Waals surface area contributed by atoms with Gasteiger partial charge in [-0.2, -0.15) is 0 Å². The van der Waals surface area contributed by atoms with E-state index in [9.17, 15) is 4.79 Å². The van der Waals surface area contributed by atoms with Crippen molar-refractivity contribution in [3.05, 3.63) is 35.9 Å². The highest BCUT2D eigenvalue weighted by Gasteiger charge is 2.10. The number of carbonyl (C=O) groups is 1. The SMILES string of the molecule is C/C=C/c1ccccc1OC(=O)C(C)C. The lowest BCUT2D eigenvalue weighted by Gasteiger charge is -2.08. The molecule has 0 amide bonds. The monoisotopic (exact) mass is 204 g/mol. The first-order valence-corrected chi connectivity index (χ1v) is 5.08. The Morgan fingerprint density at radius 2 is 2.00 bits per heavy atom. The summed E-state index contributed by atoms with van der Waals surface area (Å²) >= 11 is 0. The van der Waals surface area contributed by atoms with Crippen molar-refractivity contribution < 1.29 is 9.53 Å². The van der Waals surface area contributed by atoms with E-state index in [1.54, 1.807) is 6.07 Å². The number of hydrogen-bond acceptors (Lipinski definition) is 2. The van der Waals surface area contributed by atoms with Gasteiger partial charge in [-0.25, -0.2) is 0 Å². The van der Waals surface area contributed by atoms with Gasteiger partial charge in [-0.1, -0.05) is 44.2 Å². The van der Waals surface area contributed by atoms with Crippen molar-refractivity contribution in [3.63, 3.8) is 0 Å². The van der Waals surface area contributed by atoms with Crippen LogP contribution < -0.4 is 4.74 Å². The second-order valence-corrected chi connectivity index (χ2v) is 3.61. The highest BCUT2D eigenvalue weighted by Crippen LogP contribution is 2.20. The fourth-order valence-electron chi connectivity index (χ4n) is 1.12. The van der Waals surface area contributed by atoms with E-state index >= 15 is 0 Å². The molecule has 1 aromatic carbocycles. The molecule has 0 atom stereocenters. The van der Waals surface area contributed by atoms with Crippen molar-refractivity contribution >= 4 is 12.0 Å². The van der Waals surface area contributed by atoms with Gasteiger partial charge in [0.25, 0.3) is 0 Å². The minimum absolute atomic E-state index is 0.108. The number of allylic oxidation sites excluding steroid dienone is 1. The van der Waals surface area contributed by atoms with Crippen LogP contribution in [0.3, 0.4) is 0 Å². The summed E-state index contributed by atoms with van der Waals surface area (Å²) in [5.41, 5.74) is 0.925. The smallest absolute Gasteiger partial charge is 0.313 e. The van der Waals surface area contributed by atoms with Gasteiger partial charge in [0, 0.05) is 5.56 Å². The summed E-state index contributed by atoms with van der Waals surface area (Å²) in [6, 6.07) is 7.50. The quantitative estimate of drug-likeness (QED) is 0.558. The van der Waals surface area contributed by atoms with Gasteiger partial charge in [0.05, 0.1) is 5.92 Å². The van der Waals surface area contributed by atoms with E-state index in [1.165, 1.54) is 0 Å². The van der Waals surface area contributed by atoms with Crippen molar-refractivity contribution in [3.8, 4) is 5.75 Å². The maximum absolute atomic E-state index is 11.4. The molecule has 2 nitrogen and oxygen atoms in total. The van der Waals surface area contributed by atoms with Crippen LogP contribution in [0.1, 0.15) is 26.3 Å². The van der Waals surface area contributed by atoms with Gasteiger partial charge < -0.3 is 4.74 Å². The molecule has 0 unspecified atom stereocenters. The lowest BCUT2D eigenvalue weighted by Crippen LogP contribution is -2.15. The number of esters is 1. The predicted octanol–water partition coefficient (Wildman–Crippen LogP) is 3.28. The Morgan fingerprint density at radius 3 is 2.60 bits per heavy atom. The van der Waals surface area contributed by atoms with E-state index in [-0.39, 0.29) is 11.9 Å². The first-order valence-electron chi connectivity index (χ1n) is 5.08. The average molecular weight is 204 g/mol. The number of para-hydroxylation sites is 1. The van der Waals surface area contributed by atoms with Crippen LogP contribution in [0.5, 0.6) is 5.75 Å². The van der Waals surface area contributed by atoms with E-state index < -0.39 is 0 Å². The molecule has 0 saturated heterocycles. The first kappa shape index (κ1) is 11.5. The molecular formula is C13H16O2. The van der Waals surface area contributed by atoms with Crippen molar-refractivity contribution in [1.29, 1.82) is 0 Å². The molecular weight excluding hydrogens is 188 g/mol. The summed E-state index contributed by atoms with van der Waals surface area (Å²) in [6.45, 7) is 5.57. The topological polar surface area (TPSA) is 26.3 Å². The van der Waals surface area contributed by atoms with Gasteiger partial charge in [0.1, 0.15) is 5.75 Å². The first-order chi connectivity index (χ1) is 7.15. The zero-order valence-electron chi connectivity index (χ0n) is 9.36. The fraction of sp³-hybridized carbons (Fsp3) is 0.308. The van der Waals surface area contributed by atoms with Crippen molar-refractivity contribution in [2.75, 3.05) is 0 Å². The molecule has 0 saturated carbocycles. The second kappa shape index (κ2) is 5.35. The number of ether oxygens (including phenoxy) is 1. The summed E-state index contributed by atoms with van der Waals surface area (Å²) in [5.74, 6) is 0.310. The Morgan fingerprint density at radius 1 is 1.33 bits per heavy atom. The van der Waals surface area contributed by atoms with Crippen LogP contribution in [0.25, 0.3) is 6.08 Å². The van der Waals surface area contributed by atoms with Crippen LogP contribution in [0.15, 0.2) is 30.3 Å². The number of hydrogen-bond donors (Lipinski definition) is 0. The molecule has 0 aliphatic heterocycles. The molecule has 0 fully saturated rings. The van der Waals surface area contributed by atoms with E-state index in [0.29, 0.717) is 5.75 Å². The molecule has 0 aromatic heterocycles. The summed E-state index contributed by atoms with van der Waals surface area (Å²) in [6.07, 6.45) is 3.84. The maximum atomic E-state index is 11.4. The summed E-state index contributed by atoms with van der Waals surface area (Å²) in [4.78, 5) is 11.4. The number of carbonyl (C=O) groups excluding carboxylic acids is 1. The molecule has 0 bridgehead atoms. The minimum Gasteiger partial charge on any atom is -0.426 e. The minimum atomic E-state index is -0.202. The van der Waals surface area contributed by atoms with Crippen LogP contribution in [-0.2, 0) is 4.79 Å². The Bertz CT molecular complexity index is 365. The standard InChI is InChI=1S/C13H16O2/c1-4-7-11-8-5-6-9-12(11)15-13(14)10(2)3/h4-10H,1-3H3/b7-4+. The Balaban J connectivity index is 2.89. The van der Waals surface area contributed by atoms with Crippen LogP contribution in [0.4, 0.5) is 0 Å². The van der Waals surface area contributed by atoms with E-state index in [2.05, 4.69) is 0 Å². The summed E-state index contributed by atoms with van der Waals surface area (Å²) in [7, 11) is 0. The second-order valence-electron chi connectivity index (χ2n) is 3.61. The fourth-order valence-corrected chi connectivity index (χ4v) is 1.12. The molecule has 0 aliphatic carbocycles. The van der Waals surface area contributed by atoms with Crippen molar-refractivity contribution in [2.45, 2.75) is 20.8 Å². The van der Waals surface area contributed by atoms with Crippen molar-refractivity contribution in [1.82, 2.24) is 0 Å². The Hall–Kier alpha value is -1.57. The Labute approximate surface area is 90.6 Å².